The first-order valence-corrected chi connectivity index (χ1v) is 2.79. The molecule has 0 bridgehead atoms. The molecule has 1 aromatic heterocycles. The molecule has 1 N–H and O–H groups in total. The zero-order valence-electron chi connectivity index (χ0n) is 6.11. The number of aromatic nitrogens is 3. The van der Waals surface area contributed by atoms with Crippen molar-refractivity contribution in [2.75, 3.05) is 14.2 Å². The van der Waals surface area contributed by atoms with Crippen LogP contribution in [0.25, 0.3) is 0 Å². The maximum Gasteiger partial charge on any atom is 0.325 e. The number of ether oxygens (including phenoxy) is 2. The van der Waals surface area contributed by atoms with Gasteiger partial charge >= 0.3 is 18.0 Å². The second-order valence-corrected chi connectivity index (χ2v) is 1.61. The fourth-order valence-corrected chi connectivity index (χ4v) is 0.510. The maximum absolute atomic E-state index is 8.83. The summed E-state index contributed by atoms with van der Waals surface area (Å²) in [6.07, 6.45) is 0. The van der Waals surface area contributed by atoms with E-state index in [1.165, 1.54) is 14.2 Å². The fourth-order valence-electron chi connectivity index (χ4n) is 0.510. The molecule has 0 aliphatic rings. The van der Waals surface area contributed by atoms with Crippen molar-refractivity contribution in [3.63, 3.8) is 0 Å². The molecule has 0 atom stereocenters. The quantitative estimate of drug-likeness (QED) is 0.629. The van der Waals surface area contributed by atoms with Gasteiger partial charge in [-0.3, -0.25) is 0 Å². The highest BCUT2D eigenvalue weighted by molar-refractivity contribution is 5.06. The molecular weight excluding hydrogens is 150 g/mol. The molecule has 0 amide bonds. The molecule has 0 aliphatic heterocycles. The largest absolute Gasteiger partial charge is 0.479 e. The summed E-state index contributed by atoms with van der Waals surface area (Å²) >= 11 is 0. The SMILES string of the molecule is COc1nc(O)nc(OC)n1. The predicted molar refractivity (Wildman–Crippen MR) is 34.6 cm³/mol. The number of hydrogen-bond acceptors (Lipinski definition) is 6. The van der Waals surface area contributed by atoms with Crippen molar-refractivity contribution in [1.29, 1.82) is 0 Å². The predicted octanol–water partition coefficient (Wildman–Crippen LogP) is -0.406. The van der Waals surface area contributed by atoms with E-state index in [4.69, 9.17) is 5.11 Å². The summed E-state index contributed by atoms with van der Waals surface area (Å²) in [7, 11) is 2.77. The summed E-state index contributed by atoms with van der Waals surface area (Å²) in [4.78, 5) is 10.5. The average Bonchev–Trinajstić information content (AvgIpc) is 2.03. The summed E-state index contributed by atoms with van der Waals surface area (Å²) < 4.78 is 9.27. The van der Waals surface area contributed by atoms with Crippen LogP contribution >= 0.6 is 0 Å². The molecule has 1 aromatic rings. The molecule has 0 aromatic carbocycles. The highest BCUT2D eigenvalue weighted by Crippen LogP contribution is 2.11. The summed E-state index contributed by atoms with van der Waals surface area (Å²) in [5.74, 6) is 0. The molecular formula is C5H7N3O3. The van der Waals surface area contributed by atoms with E-state index < -0.39 is 6.01 Å². The second-order valence-electron chi connectivity index (χ2n) is 1.61. The first kappa shape index (κ1) is 7.52. The Morgan fingerprint density at radius 3 is 1.82 bits per heavy atom. The van der Waals surface area contributed by atoms with E-state index in [2.05, 4.69) is 24.4 Å². The summed E-state index contributed by atoms with van der Waals surface area (Å²) in [6.45, 7) is 0. The Bertz CT molecular complexity index is 230. The lowest BCUT2D eigenvalue weighted by atomic mass is 10.9. The van der Waals surface area contributed by atoms with Crippen molar-refractivity contribution in [3.05, 3.63) is 0 Å². The van der Waals surface area contributed by atoms with Gasteiger partial charge in [0.05, 0.1) is 14.2 Å². The van der Waals surface area contributed by atoms with E-state index in [9.17, 15) is 0 Å². The van der Waals surface area contributed by atoms with Gasteiger partial charge in [-0.25, -0.2) is 0 Å². The summed E-state index contributed by atoms with van der Waals surface area (Å²) in [5.41, 5.74) is 0. The van der Waals surface area contributed by atoms with Crippen molar-refractivity contribution < 1.29 is 14.6 Å². The zero-order valence-corrected chi connectivity index (χ0v) is 6.11. The van der Waals surface area contributed by atoms with E-state index in [-0.39, 0.29) is 12.0 Å². The number of rotatable bonds is 2. The lowest BCUT2D eigenvalue weighted by Crippen LogP contribution is -1.97. The third-order valence-corrected chi connectivity index (χ3v) is 0.948. The normalized spacial score (nSPS) is 9.27. The van der Waals surface area contributed by atoms with Crippen LogP contribution < -0.4 is 9.47 Å². The van der Waals surface area contributed by atoms with Gasteiger partial charge in [-0.2, -0.15) is 0 Å². The van der Waals surface area contributed by atoms with Crippen LogP contribution in [0.5, 0.6) is 18.0 Å². The van der Waals surface area contributed by atoms with Gasteiger partial charge in [-0.15, -0.1) is 15.0 Å². The lowest BCUT2D eigenvalue weighted by Gasteiger charge is -1.99. The van der Waals surface area contributed by atoms with Crippen LogP contribution in [0.3, 0.4) is 0 Å². The van der Waals surface area contributed by atoms with Crippen LogP contribution in [-0.4, -0.2) is 34.3 Å². The Kier molecular flexibility index (Phi) is 2.05. The molecule has 0 saturated carbocycles. The number of methoxy groups -OCH3 is 2. The topological polar surface area (TPSA) is 77.4 Å². The van der Waals surface area contributed by atoms with Crippen molar-refractivity contribution in [1.82, 2.24) is 15.0 Å². The molecule has 0 saturated heterocycles. The van der Waals surface area contributed by atoms with Crippen LogP contribution in [-0.2, 0) is 0 Å². The van der Waals surface area contributed by atoms with Crippen LogP contribution in [0.15, 0.2) is 0 Å². The number of hydrogen-bond donors (Lipinski definition) is 1. The minimum atomic E-state index is -0.422. The molecule has 11 heavy (non-hydrogen) atoms. The zero-order chi connectivity index (χ0) is 8.27. The molecule has 6 heteroatoms. The first-order chi connectivity index (χ1) is 5.26. The summed E-state index contributed by atoms with van der Waals surface area (Å²) in [6, 6.07) is -0.377. The van der Waals surface area contributed by atoms with Crippen molar-refractivity contribution in [2.45, 2.75) is 0 Å². The van der Waals surface area contributed by atoms with Crippen LogP contribution in [0.4, 0.5) is 0 Å². The van der Waals surface area contributed by atoms with Crippen molar-refractivity contribution >= 4 is 0 Å². The van der Waals surface area contributed by atoms with Gasteiger partial charge in [0, 0.05) is 0 Å². The minimum Gasteiger partial charge on any atom is -0.479 e. The van der Waals surface area contributed by atoms with Crippen LogP contribution in [0.1, 0.15) is 0 Å². The van der Waals surface area contributed by atoms with Gasteiger partial charge in [-0.05, 0) is 0 Å². The smallest absolute Gasteiger partial charge is 0.325 e. The number of nitrogens with zero attached hydrogens (tertiary/aromatic N) is 3. The average molecular weight is 157 g/mol. The van der Waals surface area contributed by atoms with E-state index in [1.54, 1.807) is 0 Å². The maximum atomic E-state index is 8.83. The Morgan fingerprint density at radius 2 is 1.45 bits per heavy atom. The van der Waals surface area contributed by atoms with Crippen LogP contribution in [0, 0.1) is 0 Å². The Morgan fingerprint density at radius 1 is 1.00 bits per heavy atom. The first-order valence-electron chi connectivity index (χ1n) is 2.79. The van der Waals surface area contributed by atoms with E-state index >= 15 is 0 Å². The van der Waals surface area contributed by atoms with E-state index in [0.717, 1.165) is 0 Å². The Hall–Kier alpha value is -1.59. The van der Waals surface area contributed by atoms with Crippen LogP contribution in [0.2, 0.25) is 0 Å². The Balaban J connectivity index is 3.02. The standard InChI is InChI=1S/C5H7N3O3/c1-10-4-6-3(9)7-5(8-4)11-2/h1-2H3,(H,6,7,8,9). The summed E-state index contributed by atoms with van der Waals surface area (Å²) in [5, 5.41) is 8.83. The van der Waals surface area contributed by atoms with Gasteiger partial charge in [0.25, 0.3) is 0 Å². The molecule has 0 aliphatic carbocycles. The highest BCUT2D eigenvalue weighted by Gasteiger charge is 2.03. The monoisotopic (exact) mass is 157 g/mol. The third kappa shape index (κ3) is 1.66. The van der Waals surface area contributed by atoms with Gasteiger partial charge in [0.15, 0.2) is 0 Å². The molecule has 1 heterocycles. The van der Waals surface area contributed by atoms with Gasteiger partial charge < -0.3 is 14.6 Å². The van der Waals surface area contributed by atoms with E-state index in [1.807, 2.05) is 0 Å². The molecule has 0 radical (unpaired) electrons. The second kappa shape index (κ2) is 3.00. The fraction of sp³-hybridized carbons (Fsp3) is 0.400. The lowest BCUT2D eigenvalue weighted by molar-refractivity contribution is 0.316. The molecule has 1 rings (SSSR count). The third-order valence-electron chi connectivity index (χ3n) is 0.948. The highest BCUT2D eigenvalue weighted by atomic mass is 16.5. The van der Waals surface area contributed by atoms with Crippen molar-refractivity contribution in [2.24, 2.45) is 0 Å². The minimum absolute atomic E-state index is 0.0225. The van der Waals surface area contributed by atoms with Crippen molar-refractivity contribution in [3.8, 4) is 18.0 Å². The van der Waals surface area contributed by atoms with Gasteiger partial charge in [-0.1, -0.05) is 0 Å². The molecule has 0 unspecified atom stereocenters. The van der Waals surface area contributed by atoms with Gasteiger partial charge in [0.2, 0.25) is 0 Å². The molecule has 6 nitrogen and oxygen atoms in total. The molecule has 60 valence electrons. The Labute approximate surface area is 62.8 Å². The van der Waals surface area contributed by atoms with E-state index in [0.29, 0.717) is 0 Å². The molecule has 0 spiro atoms. The molecule has 0 fully saturated rings. The van der Waals surface area contributed by atoms with Gasteiger partial charge in [0.1, 0.15) is 0 Å². The number of aromatic hydroxyl groups is 1.